The molecule has 34 heavy (non-hydrogen) atoms. The first-order valence-electron chi connectivity index (χ1n) is 12.1. The maximum Gasteiger partial charge on any atom is 0.124 e. The molecule has 4 heterocycles. The molecular formula is C28H28N6. The van der Waals surface area contributed by atoms with Gasteiger partial charge in [-0.15, -0.1) is 0 Å². The standard InChI is InChI=1S/C28H28N6/c1-3-24(29-15-1)27-31-17-23(33-27)14-7-19-5-8-20(9-6-19)21-10-12-22(13-11-21)26-18-32-28(34-26)25-4-2-16-30-25/h5-6,8-13,17-18,24-25,29-30H,1-4,15-16H2,(H,31,33)(H,32,34)/t24-,25-/m0/s1. The van der Waals surface area contributed by atoms with Crippen LogP contribution >= 0.6 is 0 Å². The number of imidazole rings is 2. The van der Waals surface area contributed by atoms with Gasteiger partial charge < -0.3 is 20.6 Å². The van der Waals surface area contributed by atoms with E-state index in [4.69, 9.17) is 0 Å². The van der Waals surface area contributed by atoms with Crippen molar-refractivity contribution in [3.8, 4) is 34.2 Å². The second-order valence-electron chi connectivity index (χ2n) is 9.07. The van der Waals surface area contributed by atoms with Crippen molar-refractivity contribution in [3.63, 3.8) is 0 Å². The largest absolute Gasteiger partial charge is 0.341 e. The van der Waals surface area contributed by atoms with E-state index >= 15 is 0 Å². The van der Waals surface area contributed by atoms with Crippen molar-refractivity contribution in [1.82, 2.24) is 30.6 Å². The van der Waals surface area contributed by atoms with Gasteiger partial charge in [0.1, 0.15) is 17.3 Å². The predicted octanol–water partition coefficient (Wildman–Crippen LogP) is 4.72. The molecule has 2 aromatic carbocycles. The first kappa shape index (κ1) is 20.9. The van der Waals surface area contributed by atoms with Crippen LogP contribution < -0.4 is 10.6 Å². The Labute approximate surface area is 199 Å². The first-order valence-corrected chi connectivity index (χ1v) is 12.1. The maximum absolute atomic E-state index is 4.59. The van der Waals surface area contributed by atoms with Gasteiger partial charge in [0.2, 0.25) is 0 Å². The Bertz CT molecular complexity index is 1310. The summed E-state index contributed by atoms with van der Waals surface area (Å²) < 4.78 is 0. The maximum atomic E-state index is 4.59. The smallest absolute Gasteiger partial charge is 0.124 e. The monoisotopic (exact) mass is 448 g/mol. The number of H-pyrrole nitrogens is 2. The van der Waals surface area contributed by atoms with Crippen LogP contribution in [0.15, 0.2) is 60.9 Å². The average Bonchev–Trinajstić information content (AvgIpc) is 3.70. The molecule has 170 valence electrons. The Morgan fingerprint density at radius 2 is 1.24 bits per heavy atom. The van der Waals surface area contributed by atoms with E-state index in [1.165, 1.54) is 24.0 Å². The van der Waals surface area contributed by atoms with Crippen molar-refractivity contribution >= 4 is 0 Å². The van der Waals surface area contributed by atoms with Crippen LogP contribution in [0.4, 0.5) is 0 Å². The number of nitrogens with one attached hydrogen (secondary N) is 4. The molecule has 2 saturated heterocycles. The molecule has 0 radical (unpaired) electrons. The van der Waals surface area contributed by atoms with Gasteiger partial charge in [0.15, 0.2) is 0 Å². The van der Waals surface area contributed by atoms with E-state index in [9.17, 15) is 0 Å². The van der Waals surface area contributed by atoms with Crippen molar-refractivity contribution in [2.75, 3.05) is 13.1 Å². The van der Waals surface area contributed by atoms with Crippen molar-refractivity contribution in [2.24, 2.45) is 0 Å². The second-order valence-corrected chi connectivity index (χ2v) is 9.07. The van der Waals surface area contributed by atoms with Crippen molar-refractivity contribution in [1.29, 1.82) is 0 Å². The molecule has 0 unspecified atom stereocenters. The summed E-state index contributed by atoms with van der Waals surface area (Å²) in [5, 5.41) is 6.95. The Morgan fingerprint density at radius 3 is 1.88 bits per heavy atom. The van der Waals surface area contributed by atoms with Gasteiger partial charge in [-0.3, -0.25) is 0 Å². The summed E-state index contributed by atoms with van der Waals surface area (Å²) in [6, 6.07) is 17.7. The molecule has 0 aliphatic carbocycles. The molecule has 0 bridgehead atoms. The zero-order valence-corrected chi connectivity index (χ0v) is 19.1. The first-order chi connectivity index (χ1) is 16.8. The third-order valence-electron chi connectivity index (χ3n) is 6.73. The zero-order chi connectivity index (χ0) is 22.7. The number of hydrogen-bond donors (Lipinski definition) is 4. The predicted molar refractivity (Wildman–Crippen MR) is 134 cm³/mol. The van der Waals surface area contributed by atoms with Crippen LogP contribution in [0.1, 0.15) is 60.7 Å². The van der Waals surface area contributed by atoms with Gasteiger partial charge in [-0.2, -0.15) is 0 Å². The minimum atomic E-state index is 0.334. The van der Waals surface area contributed by atoms with Crippen LogP contribution in [0.25, 0.3) is 22.4 Å². The average molecular weight is 449 g/mol. The number of rotatable bonds is 4. The summed E-state index contributed by atoms with van der Waals surface area (Å²) in [7, 11) is 0. The van der Waals surface area contributed by atoms with E-state index in [0.717, 1.165) is 60.1 Å². The fraction of sp³-hybridized carbons (Fsp3) is 0.286. The highest BCUT2D eigenvalue weighted by Crippen LogP contribution is 2.27. The SMILES string of the molecule is C(#Cc1cnc([C@@H]2CCCN2)[nH]1)c1ccc(-c2ccc(-c3cnc([C@@H]4CCCN4)[nH]3)cc2)cc1. The molecule has 2 fully saturated rings. The van der Waals surface area contributed by atoms with Gasteiger partial charge in [0, 0.05) is 5.56 Å². The highest BCUT2D eigenvalue weighted by atomic mass is 15.0. The molecule has 2 atom stereocenters. The summed E-state index contributed by atoms with van der Waals surface area (Å²) in [5.74, 6) is 8.47. The molecule has 6 nitrogen and oxygen atoms in total. The lowest BCUT2D eigenvalue weighted by Gasteiger charge is -2.06. The topological polar surface area (TPSA) is 81.4 Å². The third-order valence-corrected chi connectivity index (χ3v) is 6.73. The third kappa shape index (κ3) is 4.41. The molecule has 0 spiro atoms. The fourth-order valence-corrected chi connectivity index (χ4v) is 4.80. The number of aromatic nitrogens is 4. The molecule has 2 aliphatic heterocycles. The van der Waals surface area contributed by atoms with E-state index in [1.807, 2.05) is 12.4 Å². The van der Waals surface area contributed by atoms with Crippen molar-refractivity contribution in [2.45, 2.75) is 37.8 Å². The van der Waals surface area contributed by atoms with Gasteiger partial charge in [0.05, 0.1) is 30.2 Å². The molecule has 4 aromatic rings. The number of hydrogen-bond acceptors (Lipinski definition) is 4. The lowest BCUT2D eigenvalue weighted by atomic mass is 10.0. The van der Waals surface area contributed by atoms with Crippen LogP contribution in [-0.2, 0) is 0 Å². The van der Waals surface area contributed by atoms with Crippen LogP contribution in [0.2, 0.25) is 0 Å². The van der Waals surface area contributed by atoms with Crippen LogP contribution in [0.5, 0.6) is 0 Å². The van der Waals surface area contributed by atoms with E-state index < -0.39 is 0 Å². The Morgan fingerprint density at radius 1 is 0.647 bits per heavy atom. The molecular weight excluding hydrogens is 420 g/mol. The highest BCUT2D eigenvalue weighted by molar-refractivity contribution is 5.69. The summed E-state index contributed by atoms with van der Waals surface area (Å²) in [6.07, 6.45) is 8.44. The number of benzene rings is 2. The minimum absolute atomic E-state index is 0.334. The minimum Gasteiger partial charge on any atom is -0.341 e. The normalized spacial score (nSPS) is 19.8. The van der Waals surface area contributed by atoms with Crippen LogP contribution in [-0.4, -0.2) is 33.0 Å². The lowest BCUT2D eigenvalue weighted by Crippen LogP contribution is -2.14. The summed E-state index contributed by atoms with van der Waals surface area (Å²) in [6.45, 7) is 2.13. The molecule has 0 amide bonds. The summed E-state index contributed by atoms with van der Waals surface area (Å²) in [4.78, 5) is 15.9. The summed E-state index contributed by atoms with van der Waals surface area (Å²) in [5.41, 5.74) is 6.41. The Kier molecular flexibility index (Phi) is 5.72. The van der Waals surface area contributed by atoms with Gasteiger partial charge in [-0.25, -0.2) is 9.97 Å². The Balaban J connectivity index is 1.12. The molecule has 0 saturated carbocycles. The van der Waals surface area contributed by atoms with Gasteiger partial charge in [-0.1, -0.05) is 42.3 Å². The van der Waals surface area contributed by atoms with E-state index in [0.29, 0.717) is 12.1 Å². The van der Waals surface area contributed by atoms with Gasteiger partial charge >= 0.3 is 0 Å². The Hall–Kier alpha value is -3.66. The summed E-state index contributed by atoms with van der Waals surface area (Å²) >= 11 is 0. The van der Waals surface area contributed by atoms with Crippen LogP contribution in [0, 0.1) is 11.8 Å². The fourth-order valence-electron chi connectivity index (χ4n) is 4.80. The van der Waals surface area contributed by atoms with Gasteiger partial charge in [-0.05, 0) is 73.5 Å². The molecule has 2 aromatic heterocycles. The molecule has 6 rings (SSSR count). The van der Waals surface area contributed by atoms with E-state index in [1.54, 1.807) is 0 Å². The van der Waals surface area contributed by atoms with Gasteiger partial charge in [0.25, 0.3) is 0 Å². The lowest BCUT2D eigenvalue weighted by molar-refractivity contribution is 0.612. The van der Waals surface area contributed by atoms with E-state index in [2.05, 4.69) is 90.9 Å². The van der Waals surface area contributed by atoms with Crippen LogP contribution in [0.3, 0.4) is 0 Å². The molecule has 6 heteroatoms. The quantitative estimate of drug-likeness (QED) is 0.341. The number of nitrogens with zero attached hydrogens (tertiary/aromatic N) is 2. The van der Waals surface area contributed by atoms with Crippen molar-refractivity contribution < 1.29 is 0 Å². The highest BCUT2D eigenvalue weighted by Gasteiger charge is 2.19. The molecule has 2 aliphatic rings. The number of aromatic amines is 2. The second kappa shape index (κ2) is 9.30. The molecule has 4 N–H and O–H groups in total. The zero-order valence-electron chi connectivity index (χ0n) is 19.1. The van der Waals surface area contributed by atoms with E-state index in [-0.39, 0.29) is 0 Å². The van der Waals surface area contributed by atoms with Crippen molar-refractivity contribution in [3.05, 3.63) is 83.8 Å².